The molecule has 5 heteroatoms. The molecule has 0 bridgehead atoms. The summed E-state index contributed by atoms with van der Waals surface area (Å²) in [5.74, 6) is 0.446. The minimum absolute atomic E-state index is 0.0656. The molecule has 0 aliphatic carbocycles. The summed E-state index contributed by atoms with van der Waals surface area (Å²) in [6, 6.07) is 6.28. The highest BCUT2D eigenvalue weighted by Gasteiger charge is 2.05. The van der Waals surface area contributed by atoms with E-state index in [0.29, 0.717) is 5.75 Å². The second-order valence-electron chi connectivity index (χ2n) is 2.31. The third-order valence-corrected chi connectivity index (χ3v) is 2.34. The Kier molecular flexibility index (Phi) is 3.72. The van der Waals surface area contributed by atoms with Crippen LogP contribution in [0.2, 0.25) is 0 Å². The van der Waals surface area contributed by atoms with Crippen LogP contribution in [0.1, 0.15) is 0 Å². The van der Waals surface area contributed by atoms with Gasteiger partial charge in [0.2, 0.25) is 0 Å². The van der Waals surface area contributed by atoms with Gasteiger partial charge in [-0.3, -0.25) is 10.1 Å². The summed E-state index contributed by atoms with van der Waals surface area (Å²) in [6.45, 7) is -0.173. The summed E-state index contributed by atoms with van der Waals surface area (Å²) in [6.07, 6.45) is 0. The Bertz CT molecular complexity index is 303. The highest BCUT2D eigenvalue weighted by atomic mass is 32.2. The van der Waals surface area contributed by atoms with Gasteiger partial charge >= 0.3 is 0 Å². The fourth-order valence-corrected chi connectivity index (χ4v) is 1.54. The SMILES string of the molecule is [O]CCSc1cccc([N+](=O)[O-])c1. The zero-order valence-electron chi connectivity index (χ0n) is 6.80. The standard InChI is InChI=1S/C8H8NO3S/c10-4-5-13-8-3-1-2-7(6-8)9(11)12/h1-3,6H,4-5H2. The van der Waals surface area contributed by atoms with Crippen molar-refractivity contribution >= 4 is 17.4 Å². The number of hydrogen-bond donors (Lipinski definition) is 0. The van der Waals surface area contributed by atoms with Crippen molar-refractivity contribution in [1.82, 2.24) is 0 Å². The number of benzene rings is 1. The number of nitro benzene ring substituents is 1. The lowest BCUT2D eigenvalue weighted by Crippen LogP contribution is -1.88. The Morgan fingerprint density at radius 2 is 2.23 bits per heavy atom. The summed E-state index contributed by atoms with van der Waals surface area (Å²) >= 11 is 1.34. The Labute approximate surface area is 79.7 Å². The molecule has 1 aromatic carbocycles. The van der Waals surface area contributed by atoms with Crippen molar-refractivity contribution in [2.24, 2.45) is 0 Å². The Morgan fingerprint density at radius 3 is 2.85 bits per heavy atom. The Morgan fingerprint density at radius 1 is 1.46 bits per heavy atom. The van der Waals surface area contributed by atoms with Crippen molar-refractivity contribution in [3.8, 4) is 0 Å². The maximum absolute atomic E-state index is 10.4. The first-order valence-electron chi connectivity index (χ1n) is 3.69. The van der Waals surface area contributed by atoms with Crippen LogP contribution in [0.3, 0.4) is 0 Å². The van der Waals surface area contributed by atoms with Gasteiger partial charge in [0.25, 0.3) is 5.69 Å². The fourth-order valence-electron chi connectivity index (χ4n) is 0.846. The van der Waals surface area contributed by atoms with E-state index in [0.717, 1.165) is 4.90 Å². The van der Waals surface area contributed by atoms with Gasteiger partial charge in [0.05, 0.1) is 11.5 Å². The number of nitrogens with zero attached hydrogens (tertiary/aromatic N) is 1. The van der Waals surface area contributed by atoms with E-state index < -0.39 is 4.92 Å². The highest BCUT2D eigenvalue weighted by molar-refractivity contribution is 7.99. The molecule has 0 heterocycles. The van der Waals surface area contributed by atoms with Crippen LogP contribution in [-0.4, -0.2) is 17.3 Å². The number of rotatable bonds is 4. The van der Waals surface area contributed by atoms with Gasteiger partial charge in [0.15, 0.2) is 0 Å². The van der Waals surface area contributed by atoms with Gasteiger partial charge < -0.3 is 0 Å². The number of nitro groups is 1. The molecule has 0 spiro atoms. The van der Waals surface area contributed by atoms with E-state index in [1.54, 1.807) is 12.1 Å². The van der Waals surface area contributed by atoms with Crippen LogP contribution in [0, 0.1) is 10.1 Å². The molecule has 13 heavy (non-hydrogen) atoms. The smallest absolute Gasteiger partial charge is 0.258 e. The van der Waals surface area contributed by atoms with Crippen LogP contribution in [0.5, 0.6) is 0 Å². The summed E-state index contributed by atoms with van der Waals surface area (Å²) in [5, 5.41) is 20.5. The van der Waals surface area contributed by atoms with Crippen molar-refractivity contribution in [2.75, 3.05) is 12.4 Å². The minimum Gasteiger partial charge on any atom is -0.258 e. The normalized spacial score (nSPS) is 9.92. The first-order chi connectivity index (χ1) is 6.24. The third kappa shape index (κ3) is 3.04. The summed E-state index contributed by atoms with van der Waals surface area (Å²) < 4.78 is 0. The van der Waals surface area contributed by atoms with Gasteiger partial charge in [-0.1, -0.05) is 6.07 Å². The molecule has 1 radical (unpaired) electrons. The average molecular weight is 198 g/mol. The summed E-state index contributed by atoms with van der Waals surface area (Å²) in [7, 11) is 0. The largest absolute Gasteiger partial charge is 0.270 e. The van der Waals surface area contributed by atoms with Gasteiger partial charge in [0.1, 0.15) is 0 Å². The van der Waals surface area contributed by atoms with E-state index >= 15 is 0 Å². The van der Waals surface area contributed by atoms with Gasteiger partial charge in [-0.25, -0.2) is 5.11 Å². The maximum Gasteiger partial charge on any atom is 0.270 e. The second-order valence-corrected chi connectivity index (χ2v) is 3.48. The molecule has 69 valence electrons. The van der Waals surface area contributed by atoms with Crippen LogP contribution in [0.4, 0.5) is 5.69 Å². The summed E-state index contributed by atoms with van der Waals surface area (Å²) in [4.78, 5) is 10.7. The van der Waals surface area contributed by atoms with Gasteiger partial charge in [-0.05, 0) is 6.07 Å². The lowest BCUT2D eigenvalue weighted by molar-refractivity contribution is -0.385. The number of non-ortho nitro benzene ring substituents is 1. The lowest BCUT2D eigenvalue weighted by Gasteiger charge is -1.97. The molecule has 0 unspecified atom stereocenters. The molecular formula is C8H8NO3S. The van der Waals surface area contributed by atoms with E-state index in [1.807, 2.05) is 0 Å². The van der Waals surface area contributed by atoms with Crippen molar-refractivity contribution in [3.05, 3.63) is 34.4 Å². The number of hydrogen-bond acceptors (Lipinski definition) is 3. The van der Waals surface area contributed by atoms with Crippen LogP contribution >= 0.6 is 11.8 Å². The predicted octanol–water partition coefficient (Wildman–Crippen LogP) is 2.12. The van der Waals surface area contributed by atoms with Crippen molar-refractivity contribution in [1.29, 1.82) is 0 Å². The fraction of sp³-hybridized carbons (Fsp3) is 0.250. The molecule has 0 amide bonds. The molecule has 4 nitrogen and oxygen atoms in total. The molecule has 0 N–H and O–H groups in total. The van der Waals surface area contributed by atoms with Crippen molar-refractivity contribution in [2.45, 2.75) is 4.90 Å². The Balaban J connectivity index is 2.73. The van der Waals surface area contributed by atoms with Crippen LogP contribution in [0.25, 0.3) is 0 Å². The maximum atomic E-state index is 10.4. The molecule has 1 aromatic rings. The average Bonchev–Trinajstić information content (AvgIpc) is 2.15. The predicted molar refractivity (Wildman–Crippen MR) is 49.4 cm³/mol. The lowest BCUT2D eigenvalue weighted by atomic mass is 10.3. The van der Waals surface area contributed by atoms with Gasteiger partial charge in [-0.2, -0.15) is 0 Å². The van der Waals surface area contributed by atoms with E-state index in [-0.39, 0.29) is 12.3 Å². The summed E-state index contributed by atoms with van der Waals surface area (Å²) in [5.41, 5.74) is 0.0656. The Hall–Kier alpha value is -1.07. The van der Waals surface area contributed by atoms with E-state index in [4.69, 9.17) is 0 Å². The third-order valence-electron chi connectivity index (χ3n) is 1.38. The van der Waals surface area contributed by atoms with E-state index in [1.165, 1.54) is 23.9 Å². The van der Waals surface area contributed by atoms with Crippen LogP contribution < -0.4 is 0 Å². The monoisotopic (exact) mass is 198 g/mol. The van der Waals surface area contributed by atoms with Crippen molar-refractivity contribution < 1.29 is 10.0 Å². The molecule has 0 saturated heterocycles. The topological polar surface area (TPSA) is 63.0 Å². The van der Waals surface area contributed by atoms with Crippen LogP contribution in [-0.2, 0) is 5.11 Å². The minimum atomic E-state index is -0.443. The zero-order chi connectivity index (χ0) is 9.68. The molecule has 0 aromatic heterocycles. The quantitative estimate of drug-likeness (QED) is 0.423. The molecule has 0 atom stereocenters. The highest BCUT2D eigenvalue weighted by Crippen LogP contribution is 2.22. The first-order valence-corrected chi connectivity index (χ1v) is 4.68. The molecule has 0 aliphatic heterocycles. The molecular weight excluding hydrogens is 190 g/mol. The van der Waals surface area contributed by atoms with Crippen molar-refractivity contribution in [3.63, 3.8) is 0 Å². The zero-order valence-corrected chi connectivity index (χ0v) is 7.62. The molecule has 0 saturated carbocycles. The first kappa shape index (κ1) is 10.0. The molecule has 0 aliphatic rings. The molecule has 0 fully saturated rings. The van der Waals surface area contributed by atoms with E-state index in [2.05, 4.69) is 0 Å². The number of thioether (sulfide) groups is 1. The molecule has 1 rings (SSSR count). The van der Waals surface area contributed by atoms with Gasteiger partial charge in [-0.15, -0.1) is 11.8 Å². The van der Waals surface area contributed by atoms with E-state index in [9.17, 15) is 15.2 Å². The van der Waals surface area contributed by atoms with Crippen LogP contribution in [0.15, 0.2) is 29.2 Å². The van der Waals surface area contributed by atoms with Gasteiger partial charge in [0, 0.05) is 22.8 Å². The second kappa shape index (κ2) is 4.84.